The Labute approximate surface area is 137 Å². The molecule has 1 nitrogen and oxygen atoms in total. The van der Waals surface area contributed by atoms with Gasteiger partial charge in [-0.3, -0.25) is 0 Å². The Hall–Kier alpha value is -1.34. The van der Waals surface area contributed by atoms with Gasteiger partial charge in [-0.15, -0.1) is 0 Å². The van der Waals surface area contributed by atoms with Gasteiger partial charge in [-0.25, -0.2) is 0 Å². The van der Waals surface area contributed by atoms with Crippen LogP contribution in [-0.2, 0) is 0 Å². The largest absolute Gasteiger partial charge is 0.392 e. The van der Waals surface area contributed by atoms with Crippen LogP contribution >= 0.6 is 0 Å². The van der Waals surface area contributed by atoms with Gasteiger partial charge in [0.1, 0.15) is 0 Å². The molecule has 0 aliphatic rings. The third kappa shape index (κ3) is 12.4. The molecular formula is C21H34O. The molecule has 0 bridgehead atoms. The lowest BCUT2D eigenvalue weighted by Crippen LogP contribution is -1.84. The molecular weight excluding hydrogens is 268 g/mol. The van der Waals surface area contributed by atoms with Crippen molar-refractivity contribution in [2.75, 3.05) is 6.61 Å². The molecule has 0 aromatic rings. The van der Waals surface area contributed by atoms with Gasteiger partial charge in [-0.05, 0) is 66.2 Å². The van der Waals surface area contributed by atoms with Gasteiger partial charge in [0.25, 0.3) is 0 Å². The van der Waals surface area contributed by atoms with Crippen LogP contribution in [-0.4, -0.2) is 11.7 Å². The average Bonchev–Trinajstić information content (AvgIpc) is 2.46. The molecule has 0 radical (unpaired) electrons. The van der Waals surface area contributed by atoms with Crippen LogP contribution in [0.2, 0.25) is 0 Å². The quantitative estimate of drug-likeness (QED) is 0.351. The van der Waals surface area contributed by atoms with Crippen molar-refractivity contribution in [2.45, 2.75) is 66.2 Å². The minimum absolute atomic E-state index is 0.0981. The standard InChI is InChI=1S/C21H34O/c1-6-21(16-17-22)15-9-14-20(5)13-8-12-19(4)11-7-10-18(2)3/h6,10,12,14,16,22H,1,7-9,11,13,15,17H2,2-5H3/b19-12+,20-14+,21-16+. The van der Waals surface area contributed by atoms with E-state index >= 15 is 0 Å². The summed E-state index contributed by atoms with van der Waals surface area (Å²) < 4.78 is 0. The fraction of sp³-hybridized carbons (Fsp3) is 0.524. The van der Waals surface area contributed by atoms with Gasteiger partial charge in [0, 0.05) is 0 Å². The molecule has 1 heteroatoms. The average molecular weight is 303 g/mol. The monoisotopic (exact) mass is 302 g/mol. The highest BCUT2D eigenvalue weighted by Crippen LogP contribution is 2.13. The maximum Gasteiger partial charge on any atom is 0.0618 e. The van der Waals surface area contributed by atoms with Crippen molar-refractivity contribution in [1.29, 1.82) is 0 Å². The molecule has 22 heavy (non-hydrogen) atoms. The van der Waals surface area contributed by atoms with Crippen molar-refractivity contribution >= 4 is 0 Å². The van der Waals surface area contributed by atoms with Crippen molar-refractivity contribution in [3.8, 4) is 0 Å². The van der Waals surface area contributed by atoms with Crippen LogP contribution in [0.25, 0.3) is 0 Å². The third-order valence-electron chi connectivity index (χ3n) is 3.66. The smallest absolute Gasteiger partial charge is 0.0618 e. The second-order valence-electron chi connectivity index (χ2n) is 6.16. The van der Waals surface area contributed by atoms with E-state index in [0.29, 0.717) is 0 Å². The summed E-state index contributed by atoms with van der Waals surface area (Å²) >= 11 is 0. The van der Waals surface area contributed by atoms with Gasteiger partial charge in [-0.2, -0.15) is 0 Å². The van der Waals surface area contributed by atoms with Crippen molar-refractivity contribution in [2.24, 2.45) is 0 Å². The Morgan fingerprint density at radius 3 is 1.73 bits per heavy atom. The van der Waals surface area contributed by atoms with E-state index in [4.69, 9.17) is 5.11 Å². The number of allylic oxidation sites excluding steroid dienone is 8. The Morgan fingerprint density at radius 1 is 0.773 bits per heavy atom. The molecule has 0 unspecified atom stereocenters. The molecule has 0 amide bonds. The lowest BCUT2D eigenvalue weighted by atomic mass is 10.0. The van der Waals surface area contributed by atoms with E-state index in [2.05, 4.69) is 52.5 Å². The molecule has 0 heterocycles. The molecule has 0 saturated heterocycles. The molecule has 0 aliphatic heterocycles. The number of rotatable bonds is 11. The molecule has 124 valence electrons. The van der Waals surface area contributed by atoms with Crippen molar-refractivity contribution in [3.63, 3.8) is 0 Å². The Kier molecular flexibility index (Phi) is 12.5. The van der Waals surface area contributed by atoms with Gasteiger partial charge >= 0.3 is 0 Å². The second-order valence-corrected chi connectivity index (χ2v) is 6.16. The maximum absolute atomic E-state index is 8.89. The predicted octanol–water partition coefficient (Wildman–Crippen LogP) is 6.29. The summed E-state index contributed by atoms with van der Waals surface area (Å²) in [6.07, 6.45) is 17.2. The topological polar surface area (TPSA) is 20.2 Å². The van der Waals surface area contributed by atoms with E-state index in [9.17, 15) is 0 Å². The van der Waals surface area contributed by atoms with Crippen molar-refractivity contribution in [3.05, 3.63) is 59.3 Å². The first-order chi connectivity index (χ1) is 10.5. The van der Waals surface area contributed by atoms with E-state index in [0.717, 1.165) is 37.7 Å². The number of hydrogen-bond acceptors (Lipinski definition) is 1. The molecule has 0 spiro atoms. The molecule has 0 aliphatic carbocycles. The maximum atomic E-state index is 8.89. The zero-order valence-corrected chi connectivity index (χ0v) is 15.0. The molecule has 0 atom stereocenters. The van der Waals surface area contributed by atoms with Crippen molar-refractivity contribution < 1.29 is 5.11 Å². The van der Waals surface area contributed by atoms with Gasteiger partial charge in [-0.1, -0.05) is 59.3 Å². The van der Waals surface area contributed by atoms with Crippen LogP contribution in [0.5, 0.6) is 0 Å². The SMILES string of the molecule is C=C/C(=C\CO)CC/C=C(\C)CC/C=C(\C)CCC=C(C)C. The molecule has 1 N–H and O–H groups in total. The summed E-state index contributed by atoms with van der Waals surface area (Å²) in [4.78, 5) is 0. The van der Waals surface area contributed by atoms with E-state index in [1.807, 2.05) is 12.2 Å². The Balaban J connectivity index is 4.03. The predicted molar refractivity (Wildman–Crippen MR) is 100 cm³/mol. The first kappa shape index (κ1) is 20.7. The molecule has 0 rings (SSSR count). The van der Waals surface area contributed by atoms with Crippen LogP contribution in [0, 0.1) is 0 Å². The second kappa shape index (κ2) is 13.3. The van der Waals surface area contributed by atoms with Crippen LogP contribution in [0.4, 0.5) is 0 Å². The first-order valence-electron chi connectivity index (χ1n) is 8.36. The summed E-state index contributed by atoms with van der Waals surface area (Å²) in [5.74, 6) is 0. The summed E-state index contributed by atoms with van der Waals surface area (Å²) in [5, 5.41) is 8.89. The molecule has 0 aromatic carbocycles. The van der Waals surface area contributed by atoms with Gasteiger partial charge in [0.15, 0.2) is 0 Å². The molecule has 0 aromatic heterocycles. The fourth-order valence-electron chi connectivity index (χ4n) is 2.23. The highest BCUT2D eigenvalue weighted by molar-refractivity contribution is 5.17. The number of aliphatic hydroxyl groups excluding tert-OH is 1. The summed E-state index contributed by atoms with van der Waals surface area (Å²) in [6.45, 7) is 12.6. The fourth-order valence-corrected chi connectivity index (χ4v) is 2.23. The first-order valence-corrected chi connectivity index (χ1v) is 8.36. The van der Waals surface area contributed by atoms with Gasteiger partial charge in [0.2, 0.25) is 0 Å². The number of hydrogen-bond donors (Lipinski definition) is 1. The Morgan fingerprint density at radius 2 is 1.27 bits per heavy atom. The zero-order chi connectivity index (χ0) is 16.8. The van der Waals surface area contributed by atoms with E-state index in [-0.39, 0.29) is 6.61 Å². The summed E-state index contributed by atoms with van der Waals surface area (Å²) in [7, 11) is 0. The van der Waals surface area contributed by atoms with Gasteiger partial charge < -0.3 is 5.11 Å². The lowest BCUT2D eigenvalue weighted by molar-refractivity contribution is 0.342. The van der Waals surface area contributed by atoms with E-state index in [1.165, 1.54) is 23.1 Å². The third-order valence-corrected chi connectivity index (χ3v) is 3.66. The lowest BCUT2D eigenvalue weighted by Gasteiger charge is -2.02. The van der Waals surface area contributed by atoms with Crippen molar-refractivity contribution in [1.82, 2.24) is 0 Å². The van der Waals surface area contributed by atoms with Gasteiger partial charge in [0.05, 0.1) is 6.61 Å². The number of aliphatic hydroxyl groups is 1. The summed E-state index contributed by atoms with van der Waals surface area (Å²) in [5.41, 5.74) is 5.47. The van der Waals surface area contributed by atoms with Crippen LogP contribution < -0.4 is 0 Å². The van der Waals surface area contributed by atoms with Crippen LogP contribution in [0.3, 0.4) is 0 Å². The molecule has 0 fully saturated rings. The van der Waals surface area contributed by atoms with E-state index < -0.39 is 0 Å². The highest BCUT2D eigenvalue weighted by atomic mass is 16.2. The normalized spacial score (nSPS) is 13.2. The highest BCUT2D eigenvalue weighted by Gasteiger charge is 1.94. The molecule has 0 saturated carbocycles. The van der Waals surface area contributed by atoms with E-state index in [1.54, 1.807) is 0 Å². The van der Waals surface area contributed by atoms with Crippen LogP contribution in [0.1, 0.15) is 66.2 Å². The minimum Gasteiger partial charge on any atom is -0.392 e. The summed E-state index contributed by atoms with van der Waals surface area (Å²) in [6, 6.07) is 0. The van der Waals surface area contributed by atoms with Crippen LogP contribution in [0.15, 0.2) is 59.3 Å². The minimum atomic E-state index is 0.0981. The zero-order valence-electron chi connectivity index (χ0n) is 15.0. The Bertz CT molecular complexity index is 429.